The summed E-state index contributed by atoms with van der Waals surface area (Å²) >= 11 is 0. The maximum atomic E-state index is 12.9. The Kier molecular flexibility index (Phi) is 3.62. The molecule has 0 unspecified atom stereocenters. The van der Waals surface area contributed by atoms with Crippen molar-refractivity contribution in [2.75, 3.05) is 19.6 Å². The number of carbonyl (C=O) groups excluding carboxylic acids is 2. The minimum atomic E-state index is 0.0923. The van der Waals surface area contributed by atoms with Crippen LogP contribution in [0.4, 0.5) is 0 Å². The second kappa shape index (κ2) is 5.65. The predicted octanol–water partition coefficient (Wildman–Crippen LogP) is 1.38. The third kappa shape index (κ3) is 2.44. The number of rotatable bonds is 2. The highest BCUT2D eigenvalue weighted by Gasteiger charge is 2.45. The number of nitrogens with zero attached hydrogens (tertiary/aromatic N) is 4. The molecule has 3 saturated heterocycles. The lowest BCUT2D eigenvalue weighted by atomic mass is 9.76. The Morgan fingerprint density at radius 1 is 1.35 bits per heavy atom. The van der Waals surface area contributed by atoms with E-state index in [4.69, 9.17) is 0 Å². The number of fused-ring (bicyclic) bond motifs is 4. The number of aryl methyl sites for hydroxylation is 1. The van der Waals surface area contributed by atoms with Gasteiger partial charge < -0.3 is 9.80 Å². The molecule has 0 saturated carbocycles. The zero-order chi connectivity index (χ0) is 16.0. The van der Waals surface area contributed by atoms with Crippen LogP contribution in [0.15, 0.2) is 12.3 Å². The number of hydrogen-bond acceptors (Lipinski definition) is 3. The number of hydrogen-bond donors (Lipinski definition) is 0. The van der Waals surface area contributed by atoms with Gasteiger partial charge in [-0.2, -0.15) is 5.10 Å². The number of likely N-dealkylation sites (tertiary alicyclic amines) is 1. The fourth-order valence-electron chi connectivity index (χ4n) is 4.70. The van der Waals surface area contributed by atoms with Crippen LogP contribution in [0.1, 0.15) is 43.1 Å². The molecular weight excluding hydrogens is 292 g/mol. The zero-order valence-electron chi connectivity index (χ0n) is 13.6. The molecule has 3 aliphatic heterocycles. The van der Waals surface area contributed by atoms with E-state index in [1.165, 1.54) is 0 Å². The molecule has 3 aliphatic rings. The summed E-state index contributed by atoms with van der Waals surface area (Å²) in [5.41, 5.74) is 0.684. The van der Waals surface area contributed by atoms with Gasteiger partial charge in [0, 0.05) is 44.8 Å². The van der Waals surface area contributed by atoms with E-state index in [2.05, 4.69) is 10.00 Å². The minimum Gasteiger partial charge on any atom is -0.339 e. The van der Waals surface area contributed by atoms with Crippen molar-refractivity contribution in [3.63, 3.8) is 0 Å². The van der Waals surface area contributed by atoms with Crippen molar-refractivity contribution in [1.82, 2.24) is 19.6 Å². The van der Waals surface area contributed by atoms with Gasteiger partial charge in [0.1, 0.15) is 5.69 Å². The van der Waals surface area contributed by atoms with E-state index in [0.29, 0.717) is 42.4 Å². The lowest BCUT2D eigenvalue weighted by Crippen LogP contribution is -2.61. The van der Waals surface area contributed by atoms with Crippen LogP contribution in [-0.4, -0.2) is 57.1 Å². The first kappa shape index (κ1) is 14.7. The molecule has 0 spiro atoms. The van der Waals surface area contributed by atoms with Crippen LogP contribution in [0.2, 0.25) is 0 Å². The average molecular weight is 316 g/mol. The number of aromatic nitrogens is 2. The Hall–Kier alpha value is -1.85. The van der Waals surface area contributed by atoms with Crippen molar-refractivity contribution < 1.29 is 9.59 Å². The van der Waals surface area contributed by atoms with Crippen LogP contribution < -0.4 is 0 Å². The maximum Gasteiger partial charge on any atom is 0.272 e. The molecule has 4 heterocycles. The smallest absolute Gasteiger partial charge is 0.272 e. The minimum absolute atomic E-state index is 0.0923. The first-order chi connectivity index (χ1) is 11.2. The molecule has 6 heteroatoms. The summed E-state index contributed by atoms with van der Waals surface area (Å²) in [6, 6.07) is 2.16. The van der Waals surface area contributed by atoms with E-state index in [9.17, 15) is 9.59 Å². The molecule has 4 rings (SSSR count). The molecule has 0 aliphatic carbocycles. The highest BCUT2D eigenvalue weighted by Crippen LogP contribution is 2.38. The van der Waals surface area contributed by atoms with Crippen molar-refractivity contribution in [2.24, 2.45) is 11.8 Å². The summed E-state index contributed by atoms with van der Waals surface area (Å²) in [5, 5.41) is 4.21. The van der Waals surface area contributed by atoms with Crippen LogP contribution in [0.5, 0.6) is 0 Å². The molecule has 1 aromatic rings. The predicted molar refractivity (Wildman–Crippen MR) is 84.8 cm³/mol. The van der Waals surface area contributed by atoms with Gasteiger partial charge in [0.15, 0.2) is 0 Å². The Labute approximate surface area is 136 Å². The lowest BCUT2D eigenvalue weighted by molar-refractivity contribution is -0.144. The molecule has 2 bridgehead atoms. The molecule has 0 N–H and O–H groups in total. The lowest BCUT2D eigenvalue weighted by Gasteiger charge is -2.52. The summed E-state index contributed by atoms with van der Waals surface area (Å²) in [4.78, 5) is 29.2. The van der Waals surface area contributed by atoms with Crippen LogP contribution in [0.3, 0.4) is 0 Å². The first-order valence-electron chi connectivity index (χ1n) is 8.78. The van der Waals surface area contributed by atoms with Crippen molar-refractivity contribution in [1.29, 1.82) is 0 Å². The molecule has 2 amide bonds. The third-order valence-corrected chi connectivity index (χ3v) is 5.70. The van der Waals surface area contributed by atoms with Gasteiger partial charge in [-0.05, 0) is 44.1 Å². The average Bonchev–Trinajstić information content (AvgIpc) is 3.03. The van der Waals surface area contributed by atoms with Crippen LogP contribution in [0, 0.1) is 11.8 Å². The molecule has 0 radical (unpaired) electrons. The standard InChI is InChI=1S/C17H24N4O2/c1-2-21-15(6-7-18-21)17(23)19-9-12-8-13(11-19)14-4-3-5-16(22)20(14)10-12/h6-7,12-14H,2-5,8-11H2,1H3/t12-,13-,14-/m1/s1. The first-order valence-corrected chi connectivity index (χ1v) is 8.78. The van der Waals surface area contributed by atoms with E-state index < -0.39 is 0 Å². The summed E-state index contributed by atoms with van der Waals surface area (Å²) in [7, 11) is 0. The van der Waals surface area contributed by atoms with Crippen molar-refractivity contribution >= 4 is 11.8 Å². The maximum absolute atomic E-state index is 12.9. The van der Waals surface area contributed by atoms with Gasteiger partial charge in [0.25, 0.3) is 5.91 Å². The number of piperidine rings is 3. The number of amides is 2. The SMILES string of the molecule is CCn1nccc1C(=O)N1C[C@H]2C[C@H](C1)[C@H]1CCCC(=O)N1C2. The Balaban J connectivity index is 1.53. The van der Waals surface area contributed by atoms with Crippen LogP contribution in [0.25, 0.3) is 0 Å². The number of carbonyl (C=O) groups is 2. The van der Waals surface area contributed by atoms with E-state index in [-0.39, 0.29) is 5.91 Å². The second-order valence-electron chi connectivity index (χ2n) is 7.11. The van der Waals surface area contributed by atoms with E-state index >= 15 is 0 Å². The summed E-state index contributed by atoms with van der Waals surface area (Å²) in [6.07, 6.45) is 5.65. The van der Waals surface area contributed by atoms with Crippen LogP contribution >= 0.6 is 0 Å². The topological polar surface area (TPSA) is 58.4 Å². The molecule has 6 nitrogen and oxygen atoms in total. The molecule has 23 heavy (non-hydrogen) atoms. The highest BCUT2D eigenvalue weighted by molar-refractivity contribution is 5.92. The monoisotopic (exact) mass is 316 g/mol. The summed E-state index contributed by atoms with van der Waals surface area (Å²) in [5.74, 6) is 1.28. The van der Waals surface area contributed by atoms with Gasteiger partial charge in [0.05, 0.1) is 0 Å². The van der Waals surface area contributed by atoms with Gasteiger partial charge in [-0.1, -0.05) is 0 Å². The van der Waals surface area contributed by atoms with Gasteiger partial charge >= 0.3 is 0 Å². The third-order valence-electron chi connectivity index (χ3n) is 5.70. The van der Waals surface area contributed by atoms with E-state index in [1.807, 2.05) is 17.9 Å². The fourth-order valence-corrected chi connectivity index (χ4v) is 4.70. The fraction of sp³-hybridized carbons (Fsp3) is 0.706. The van der Waals surface area contributed by atoms with E-state index in [0.717, 1.165) is 38.9 Å². The Morgan fingerprint density at radius 2 is 2.22 bits per heavy atom. The molecule has 3 fully saturated rings. The van der Waals surface area contributed by atoms with E-state index in [1.54, 1.807) is 10.9 Å². The second-order valence-corrected chi connectivity index (χ2v) is 7.11. The summed E-state index contributed by atoms with van der Waals surface area (Å²) in [6.45, 7) is 5.08. The largest absolute Gasteiger partial charge is 0.339 e. The van der Waals surface area contributed by atoms with Crippen molar-refractivity contribution in [2.45, 2.75) is 45.2 Å². The Bertz CT molecular complexity index is 626. The molecule has 1 aromatic heterocycles. The molecular formula is C17H24N4O2. The van der Waals surface area contributed by atoms with Gasteiger partial charge in [-0.3, -0.25) is 14.3 Å². The van der Waals surface area contributed by atoms with Gasteiger partial charge in [-0.25, -0.2) is 0 Å². The highest BCUT2D eigenvalue weighted by atomic mass is 16.2. The van der Waals surface area contributed by atoms with Crippen LogP contribution in [-0.2, 0) is 11.3 Å². The van der Waals surface area contributed by atoms with Gasteiger partial charge in [0.2, 0.25) is 5.91 Å². The molecule has 124 valence electrons. The van der Waals surface area contributed by atoms with Gasteiger partial charge in [-0.15, -0.1) is 0 Å². The Morgan fingerprint density at radius 3 is 3.04 bits per heavy atom. The quantitative estimate of drug-likeness (QED) is 0.828. The summed E-state index contributed by atoms with van der Waals surface area (Å²) < 4.78 is 1.77. The normalized spacial score (nSPS) is 30.3. The molecule has 3 atom stereocenters. The molecule has 0 aromatic carbocycles. The van der Waals surface area contributed by atoms with Crippen molar-refractivity contribution in [3.8, 4) is 0 Å². The van der Waals surface area contributed by atoms with Crippen molar-refractivity contribution in [3.05, 3.63) is 18.0 Å². The zero-order valence-corrected chi connectivity index (χ0v) is 13.6.